The number of amides is 2. The molecule has 2 aromatic heterocycles. The van der Waals surface area contributed by atoms with E-state index in [1.807, 2.05) is 30.3 Å². The van der Waals surface area contributed by atoms with Crippen molar-refractivity contribution in [2.45, 2.75) is 32.1 Å². The van der Waals surface area contributed by atoms with Crippen LogP contribution < -0.4 is 16.4 Å². The molecule has 8 nitrogen and oxygen atoms in total. The number of urea groups is 1. The van der Waals surface area contributed by atoms with E-state index >= 15 is 0 Å². The number of aromatic nitrogens is 3. The first-order valence-corrected chi connectivity index (χ1v) is 10.2. The maximum absolute atomic E-state index is 11.0. The summed E-state index contributed by atoms with van der Waals surface area (Å²) in [6.07, 6.45) is 5.41. The third-order valence-corrected chi connectivity index (χ3v) is 5.04. The number of carbonyl (C=O) groups is 1. The molecule has 0 radical (unpaired) electrons. The van der Waals surface area contributed by atoms with E-state index in [-0.39, 0.29) is 12.0 Å². The average molecular weight is 421 g/mol. The third-order valence-electron chi connectivity index (χ3n) is 5.04. The van der Waals surface area contributed by atoms with Gasteiger partial charge in [-0.3, -0.25) is 4.98 Å². The lowest BCUT2D eigenvalue weighted by atomic mass is 9.83. The predicted octanol–water partition coefficient (Wildman–Crippen LogP) is 3.34. The number of primary amides is 1. The summed E-state index contributed by atoms with van der Waals surface area (Å²) in [4.78, 5) is 24.6. The van der Waals surface area contributed by atoms with Crippen molar-refractivity contribution in [2.75, 3.05) is 23.8 Å². The Morgan fingerprint density at radius 1 is 1.10 bits per heavy atom. The van der Waals surface area contributed by atoms with Crippen molar-refractivity contribution in [2.24, 2.45) is 5.73 Å². The van der Waals surface area contributed by atoms with Crippen LogP contribution in [-0.4, -0.2) is 39.2 Å². The highest BCUT2D eigenvalue weighted by Crippen LogP contribution is 2.30. The average Bonchev–Trinajstić information content (AvgIpc) is 2.77. The van der Waals surface area contributed by atoms with E-state index in [2.05, 4.69) is 34.4 Å². The predicted molar refractivity (Wildman–Crippen MR) is 122 cm³/mol. The SMILES string of the molecule is CC(C)(CCc1ccncc1)c1cc(NCCO)nc(-c2ccc(NC(N)=O)cc2)n1. The van der Waals surface area contributed by atoms with Crippen LogP contribution in [0.5, 0.6) is 0 Å². The molecule has 8 heteroatoms. The van der Waals surface area contributed by atoms with Crippen molar-refractivity contribution in [3.8, 4) is 11.4 Å². The summed E-state index contributed by atoms with van der Waals surface area (Å²) in [5.41, 5.74) is 8.52. The van der Waals surface area contributed by atoms with Gasteiger partial charge in [0.15, 0.2) is 5.82 Å². The highest BCUT2D eigenvalue weighted by molar-refractivity contribution is 5.88. The molecule has 0 spiro atoms. The minimum absolute atomic E-state index is 0.00753. The number of aliphatic hydroxyl groups is 1. The Morgan fingerprint density at radius 3 is 2.45 bits per heavy atom. The Bertz CT molecular complexity index is 1010. The van der Waals surface area contributed by atoms with Crippen molar-refractivity contribution < 1.29 is 9.90 Å². The first-order chi connectivity index (χ1) is 14.9. The molecule has 0 unspecified atom stereocenters. The number of hydrogen-bond donors (Lipinski definition) is 4. The summed E-state index contributed by atoms with van der Waals surface area (Å²) in [5.74, 6) is 1.23. The Labute approximate surface area is 182 Å². The summed E-state index contributed by atoms with van der Waals surface area (Å²) in [6.45, 7) is 4.73. The van der Waals surface area contributed by atoms with E-state index in [1.54, 1.807) is 24.5 Å². The molecule has 31 heavy (non-hydrogen) atoms. The molecule has 1 aromatic carbocycles. The normalized spacial score (nSPS) is 11.2. The van der Waals surface area contributed by atoms with Gasteiger partial charge in [0.25, 0.3) is 0 Å². The van der Waals surface area contributed by atoms with Crippen LogP contribution in [0.15, 0.2) is 54.9 Å². The number of aliphatic hydroxyl groups excluding tert-OH is 1. The molecule has 3 rings (SSSR count). The molecule has 5 N–H and O–H groups in total. The van der Waals surface area contributed by atoms with Crippen LogP contribution in [0.25, 0.3) is 11.4 Å². The summed E-state index contributed by atoms with van der Waals surface area (Å²) in [7, 11) is 0. The van der Waals surface area contributed by atoms with Crippen LogP contribution >= 0.6 is 0 Å². The standard InChI is InChI=1S/C23H28N6O2/c1-23(2,10-7-16-8-11-25-12-9-16)19-15-20(26-13-14-30)29-21(28-19)17-3-5-18(6-4-17)27-22(24)31/h3-6,8-9,11-12,15,30H,7,10,13-14H2,1-2H3,(H3,24,27,31)(H,26,28,29). The second-order valence-electron chi connectivity index (χ2n) is 7.92. The van der Waals surface area contributed by atoms with Gasteiger partial charge in [-0.1, -0.05) is 13.8 Å². The van der Waals surface area contributed by atoms with Crippen LogP contribution in [0.3, 0.4) is 0 Å². The molecular formula is C23H28N6O2. The maximum atomic E-state index is 11.0. The van der Waals surface area contributed by atoms with Gasteiger partial charge in [0.05, 0.1) is 12.3 Å². The molecule has 0 bridgehead atoms. The smallest absolute Gasteiger partial charge is 0.316 e. The summed E-state index contributed by atoms with van der Waals surface area (Å²) in [5, 5.41) is 14.9. The second kappa shape index (κ2) is 9.99. The highest BCUT2D eigenvalue weighted by Gasteiger charge is 2.24. The van der Waals surface area contributed by atoms with E-state index in [4.69, 9.17) is 10.7 Å². The van der Waals surface area contributed by atoms with Crippen molar-refractivity contribution in [3.63, 3.8) is 0 Å². The van der Waals surface area contributed by atoms with Gasteiger partial charge in [0.1, 0.15) is 5.82 Å². The van der Waals surface area contributed by atoms with Crippen LogP contribution in [0.4, 0.5) is 16.3 Å². The molecule has 3 aromatic rings. The number of pyridine rings is 1. The van der Waals surface area contributed by atoms with Gasteiger partial charge in [0, 0.05) is 41.7 Å². The topological polar surface area (TPSA) is 126 Å². The quantitative estimate of drug-likeness (QED) is 0.421. The van der Waals surface area contributed by atoms with Gasteiger partial charge < -0.3 is 21.5 Å². The number of carbonyl (C=O) groups excluding carboxylic acids is 1. The van der Waals surface area contributed by atoms with Crippen LogP contribution in [0, 0.1) is 0 Å². The number of rotatable bonds is 9. The number of nitrogens with zero attached hydrogens (tertiary/aromatic N) is 3. The molecule has 0 fully saturated rings. The second-order valence-corrected chi connectivity index (χ2v) is 7.92. The fourth-order valence-corrected chi connectivity index (χ4v) is 3.18. The van der Waals surface area contributed by atoms with Crippen molar-refractivity contribution in [3.05, 3.63) is 66.1 Å². The molecule has 2 amide bonds. The number of aryl methyl sites for hydroxylation is 1. The molecule has 0 saturated heterocycles. The Hall–Kier alpha value is -3.52. The zero-order chi connectivity index (χ0) is 22.3. The summed E-state index contributed by atoms with van der Waals surface area (Å²) in [6, 6.07) is 12.6. The fourth-order valence-electron chi connectivity index (χ4n) is 3.18. The lowest BCUT2D eigenvalue weighted by molar-refractivity contribution is 0.259. The van der Waals surface area contributed by atoms with Crippen molar-refractivity contribution in [1.29, 1.82) is 0 Å². The molecule has 0 aliphatic rings. The third kappa shape index (κ3) is 6.23. The number of nitrogens with two attached hydrogens (primary N) is 1. The molecule has 0 aliphatic carbocycles. The molecule has 2 heterocycles. The van der Waals surface area contributed by atoms with Crippen LogP contribution in [0.2, 0.25) is 0 Å². The number of hydrogen-bond acceptors (Lipinski definition) is 6. The van der Waals surface area contributed by atoms with Gasteiger partial charge in [0.2, 0.25) is 0 Å². The van der Waals surface area contributed by atoms with Gasteiger partial charge in [-0.2, -0.15) is 0 Å². The number of nitrogens with one attached hydrogen (secondary N) is 2. The van der Waals surface area contributed by atoms with E-state index in [9.17, 15) is 9.90 Å². The zero-order valence-corrected chi connectivity index (χ0v) is 17.8. The van der Waals surface area contributed by atoms with Crippen molar-refractivity contribution >= 4 is 17.5 Å². The summed E-state index contributed by atoms with van der Waals surface area (Å²) >= 11 is 0. The lowest BCUT2D eigenvalue weighted by Crippen LogP contribution is -2.21. The molecular weight excluding hydrogens is 392 g/mol. The largest absolute Gasteiger partial charge is 0.395 e. The van der Waals surface area contributed by atoms with E-state index < -0.39 is 6.03 Å². The number of benzene rings is 1. The van der Waals surface area contributed by atoms with Gasteiger partial charge >= 0.3 is 6.03 Å². The lowest BCUT2D eigenvalue weighted by Gasteiger charge is -2.25. The van der Waals surface area contributed by atoms with E-state index in [0.29, 0.717) is 23.9 Å². The summed E-state index contributed by atoms with van der Waals surface area (Å²) < 4.78 is 0. The minimum atomic E-state index is -0.613. The zero-order valence-electron chi connectivity index (χ0n) is 17.8. The van der Waals surface area contributed by atoms with Gasteiger partial charge in [-0.05, 0) is 54.8 Å². The first-order valence-electron chi connectivity index (χ1n) is 10.2. The van der Waals surface area contributed by atoms with Crippen molar-refractivity contribution in [1.82, 2.24) is 15.0 Å². The highest BCUT2D eigenvalue weighted by atomic mass is 16.3. The Kier molecular flexibility index (Phi) is 7.15. The number of anilines is 2. The molecule has 0 saturated carbocycles. The molecule has 162 valence electrons. The Morgan fingerprint density at radius 2 is 1.81 bits per heavy atom. The first kappa shape index (κ1) is 22.2. The van der Waals surface area contributed by atoms with E-state index in [1.165, 1.54) is 5.56 Å². The van der Waals surface area contributed by atoms with Crippen LogP contribution in [0.1, 0.15) is 31.5 Å². The molecule has 0 aliphatic heterocycles. The fraction of sp³-hybridized carbons (Fsp3) is 0.304. The monoisotopic (exact) mass is 420 g/mol. The van der Waals surface area contributed by atoms with Gasteiger partial charge in [-0.25, -0.2) is 14.8 Å². The minimum Gasteiger partial charge on any atom is -0.395 e. The van der Waals surface area contributed by atoms with Gasteiger partial charge in [-0.15, -0.1) is 0 Å². The van der Waals surface area contributed by atoms with E-state index in [0.717, 1.165) is 24.1 Å². The van der Waals surface area contributed by atoms with Crippen LogP contribution in [-0.2, 0) is 11.8 Å². The molecule has 0 atom stereocenters. The Balaban J connectivity index is 1.89. The maximum Gasteiger partial charge on any atom is 0.316 e.